The molecular formula is C8H7F4NO3S. The van der Waals surface area contributed by atoms with Crippen molar-refractivity contribution in [2.45, 2.75) is 11.1 Å². The van der Waals surface area contributed by atoms with Gasteiger partial charge in [0, 0.05) is 0 Å². The van der Waals surface area contributed by atoms with Gasteiger partial charge in [0.05, 0.1) is 4.90 Å². The Bertz CT molecular complexity index is 512. The highest BCUT2D eigenvalue weighted by atomic mass is 32.2. The van der Waals surface area contributed by atoms with Gasteiger partial charge in [-0.3, -0.25) is 0 Å². The Balaban J connectivity index is 2.92. The minimum atomic E-state index is -4.61. The maximum absolute atomic E-state index is 13.1. The predicted octanol–water partition coefficient (Wildman–Crippen LogP) is 1.41. The topological polar surface area (TPSA) is 69.4 Å². The Hall–Kier alpha value is -1.35. The first kappa shape index (κ1) is 13.7. The minimum absolute atomic E-state index is 0.487. The zero-order valence-corrected chi connectivity index (χ0v) is 8.98. The number of rotatable bonds is 3. The van der Waals surface area contributed by atoms with Gasteiger partial charge < -0.3 is 4.74 Å². The summed E-state index contributed by atoms with van der Waals surface area (Å²) in [7, 11) is -4.10. The highest BCUT2D eigenvalue weighted by Crippen LogP contribution is 2.23. The molecule has 0 aromatic heterocycles. The maximum Gasteiger partial charge on any atom is 0.422 e. The smallest absolute Gasteiger partial charge is 0.422 e. The van der Waals surface area contributed by atoms with Crippen LogP contribution in [0.4, 0.5) is 17.6 Å². The molecule has 0 spiro atoms. The van der Waals surface area contributed by atoms with Crippen LogP contribution in [0.2, 0.25) is 0 Å². The normalized spacial score (nSPS) is 12.5. The first-order valence-electron chi connectivity index (χ1n) is 4.11. The van der Waals surface area contributed by atoms with Crippen LogP contribution in [0.3, 0.4) is 0 Å². The maximum atomic E-state index is 13.1. The molecule has 2 N–H and O–H groups in total. The molecule has 4 nitrogen and oxygen atoms in total. The van der Waals surface area contributed by atoms with Crippen LogP contribution in [0.15, 0.2) is 23.1 Å². The summed E-state index contributed by atoms with van der Waals surface area (Å²) in [6.07, 6.45) is -4.61. The summed E-state index contributed by atoms with van der Waals surface area (Å²) in [6.45, 7) is -1.67. The second kappa shape index (κ2) is 4.49. The van der Waals surface area contributed by atoms with Crippen LogP contribution in [0.5, 0.6) is 5.75 Å². The molecule has 0 atom stereocenters. The second-order valence-corrected chi connectivity index (χ2v) is 4.60. The Kier molecular flexibility index (Phi) is 3.62. The van der Waals surface area contributed by atoms with E-state index in [4.69, 9.17) is 5.14 Å². The number of benzene rings is 1. The Morgan fingerprint density at radius 1 is 1.29 bits per heavy atom. The molecule has 0 saturated carbocycles. The lowest BCUT2D eigenvalue weighted by molar-refractivity contribution is -0.153. The molecule has 1 rings (SSSR count). The number of alkyl halides is 3. The minimum Gasteiger partial charge on any atom is -0.481 e. The molecule has 0 aliphatic heterocycles. The Labute approximate surface area is 94.0 Å². The molecule has 1 aromatic rings. The number of primary sulfonamides is 1. The van der Waals surface area contributed by atoms with Gasteiger partial charge in [0.25, 0.3) is 0 Å². The zero-order valence-electron chi connectivity index (χ0n) is 8.16. The van der Waals surface area contributed by atoms with E-state index in [9.17, 15) is 26.0 Å². The fourth-order valence-corrected chi connectivity index (χ4v) is 1.46. The molecule has 0 aliphatic rings. The molecule has 0 amide bonds. The number of hydrogen-bond acceptors (Lipinski definition) is 3. The lowest BCUT2D eigenvalue weighted by Gasteiger charge is -2.10. The van der Waals surface area contributed by atoms with Gasteiger partial charge in [-0.1, -0.05) is 0 Å². The highest BCUT2D eigenvalue weighted by Gasteiger charge is 2.29. The lowest BCUT2D eigenvalue weighted by atomic mass is 10.3. The highest BCUT2D eigenvalue weighted by molar-refractivity contribution is 7.89. The monoisotopic (exact) mass is 273 g/mol. The van der Waals surface area contributed by atoms with E-state index in [1.807, 2.05) is 0 Å². The van der Waals surface area contributed by atoms with Crippen LogP contribution < -0.4 is 9.88 Å². The average molecular weight is 273 g/mol. The third kappa shape index (κ3) is 4.19. The number of halogens is 4. The van der Waals surface area contributed by atoms with Crippen LogP contribution in [0, 0.1) is 5.82 Å². The van der Waals surface area contributed by atoms with Crippen molar-refractivity contribution < 1.29 is 30.7 Å². The summed E-state index contributed by atoms with van der Waals surface area (Å²) in [6, 6.07) is 2.10. The molecule has 0 bridgehead atoms. The van der Waals surface area contributed by atoms with Crippen molar-refractivity contribution in [3.05, 3.63) is 24.0 Å². The first-order valence-corrected chi connectivity index (χ1v) is 5.66. The van der Waals surface area contributed by atoms with Gasteiger partial charge in [0.2, 0.25) is 10.0 Å². The number of hydrogen-bond donors (Lipinski definition) is 1. The quantitative estimate of drug-likeness (QED) is 0.847. The van der Waals surface area contributed by atoms with Gasteiger partial charge in [-0.25, -0.2) is 17.9 Å². The van der Waals surface area contributed by atoms with Gasteiger partial charge in [-0.2, -0.15) is 13.2 Å². The van der Waals surface area contributed by atoms with E-state index < -0.39 is 39.3 Å². The summed E-state index contributed by atoms with van der Waals surface area (Å²) in [5, 5.41) is 4.70. The second-order valence-electron chi connectivity index (χ2n) is 3.04. The number of nitrogens with two attached hydrogens (primary N) is 1. The summed E-state index contributed by atoms with van der Waals surface area (Å²) in [5.41, 5.74) is 0. The standard InChI is InChI=1S/C8H7F4NO3S/c9-6-3-5(17(13,14)15)1-2-7(6)16-4-8(10,11)12/h1-3H,4H2,(H2,13,14,15). The first-order chi connectivity index (χ1) is 7.59. The van der Waals surface area contributed by atoms with E-state index >= 15 is 0 Å². The largest absolute Gasteiger partial charge is 0.481 e. The molecule has 0 aliphatic carbocycles. The molecule has 1 aromatic carbocycles. The SMILES string of the molecule is NS(=O)(=O)c1ccc(OCC(F)(F)F)c(F)c1. The third-order valence-corrected chi connectivity index (χ3v) is 2.53. The number of ether oxygens (including phenoxy) is 1. The van der Waals surface area contributed by atoms with Gasteiger partial charge in [-0.15, -0.1) is 0 Å². The van der Waals surface area contributed by atoms with Gasteiger partial charge >= 0.3 is 6.18 Å². The van der Waals surface area contributed by atoms with Crippen LogP contribution in [0.25, 0.3) is 0 Å². The van der Waals surface area contributed by atoms with Crippen molar-refractivity contribution in [1.29, 1.82) is 0 Å². The van der Waals surface area contributed by atoms with Crippen molar-refractivity contribution >= 4 is 10.0 Å². The molecular weight excluding hydrogens is 266 g/mol. The molecule has 0 unspecified atom stereocenters. The molecule has 17 heavy (non-hydrogen) atoms. The molecule has 0 fully saturated rings. The van der Waals surface area contributed by atoms with Crippen LogP contribution in [0.1, 0.15) is 0 Å². The van der Waals surface area contributed by atoms with E-state index in [2.05, 4.69) is 4.74 Å². The average Bonchev–Trinajstić information content (AvgIpc) is 2.12. The van der Waals surface area contributed by atoms with E-state index in [1.54, 1.807) is 0 Å². The van der Waals surface area contributed by atoms with E-state index in [-0.39, 0.29) is 0 Å². The van der Waals surface area contributed by atoms with Crippen LogP contribution in [-0.2, 0) is 10.0 Å². The Morgan fingerprint density at radius 2 is 1.88 bits per heavy atom. The number of sulfonamides is 1. The summed E-state index contributed by atoms with van der Waals surface area (Å²) >= 11 is 0. The van der Waals surface area contributed by atoms with Crippen LogP contribution in [-0.4, -0.2) is 21.2 Å². The third-order valence-electron chi connectivity index (χ3n) is 1.62. The predicted molar refractivity (Wildman–Crippen MR) is 49.3 cm³/mol. The van der Waals surface area contributed by atoms with Gasteiger partial charge in [0.15, 0.2) is 18.2 Å². The summed E-state index contributed by atoms with van der Waals surface area (Å²) < 4.78 is 74.2. The molecule has 0 heterocycles. The van der Waals surface area contributed by atoms with E-state index in [1.165, 1.54) is 0 Å². The molecule has 0 radical (unpaired) electrons. The van der Waals surface area contributed by atoms with Crippen molar-refractivity contribution in [3.8, 4) is 5.75 Å². The van der Waals surface area contributed by atoms with E-state index in [0.717, 1.165) is 12.1 Å². The lowest BCUT2D eigenvalue weighted by Crippen LogP contribution is -2.20. The van der Waals surface area contributed by atoms with Gasteiger partial charge in [-0.05, 0) is 18.2 Å². The van der Waals surface area contributed by atoms with Crippen molar-refractivity contribution in [3.63, 3.8) is 0 Å². The fourth-order valence-electron chi connectivity index (χ4n) is 0.935. The van der Waals surface area contributed by atoms with Crippen molar-refractivity contribution in [2.24, 2.45) is 5.14 Å². The van der Waals surface area contributed by atoms with Crippen LogP contribution >= 0.6 is 0 Å². The molecule has 0 saturated heterocycles. The van der Waals surface area contributed by atoms with Crippen molar-refractivity contribution in [2.75, 3.05) is 6.61 Å². The van der Waals surface area contributed by atoms with Gasteiger partial charge in [0.1, 0.15) is 0 Å². The molecule has 9 heteroatoms. The Morgan fingerprint density at radius 3 is 2.29 bits per heavy atom. The summed E-state index contributed by atoms with van der Waals surface area (Å²) in [5.74, 6) is -1.93. The molecule has 96 valence electrons. The van der Waals surface area contributed by atoms with E-state index in [0.29, 0.717) is 6.07 Å². The zero-order chi connectivity index (χ0) is 13.3. The van der Waals surface area contributed by atoms with Crippen molar-refractivity contribution in [1.82, 2.24) is 0 Å². The fraction of sp³-hybridized carbons (Fsp3) is 0.250. The summed E-state index contributed by atoms with van der Waals surface area (Å²) in [4.78, 5) is -0.547.